The third kappa shape index (κ3) is 4.55. The molecule has 0 radical (unpaired) electrons. The van der Waals surface area contributed by atoms with Gasteiger partial charge in [0.05, 0.1) is 22.1 Å². The third-order valence-corrected chi connectivity index (χ3v) is 15.5. The summed E-state index contributed by atoms with van der Waals surface area (Å²) in [7, 11) is -2.94. The Bertz CT molecular complexity index is 2870. The molecule has 2 heterocycles. The van der Waals surface area contributed by atoms with Crippen LogP contribution in [0.25, 0.3) is 55.0 Å². The van der Waals surface area contributed by atoms with Gasteiger partial charge in [0.1, 0.15) is 5.82 Å². The molecule has 0 spiro atoms. The molecule has 0 amide bonds. The lowest BCUT2D eigenvalue weighted by Crippen LogP contribution is -2.74. The van der Waals surface area contributed by atoms with Gasteiger partial charge in [-0.25, -0.2) is 4.39 Å². The maximum atomic E-state index is 14.7. The van der Waals surface area contributed by atoms with Crippen molar-refractivity contribution in [3.8, 4) is 11.4 Å². The molecule has 0 bridgehead atoms. The van der Waals surface area contributed by atoms with Gasteiger partial charge < -0.3 is 9.13 Å². The van der Waals surface area contributed by atoms with E-state index in [2.05, 4.69) is 185 Å². The summed E-state index contributed by atoms with van der Waals surface area (Å²) < 4.78 is 19.3. The van der Waals surface area contributed by atoms with Gasteiger partial charge in [-0.1, -0.05) is 140 Å². The summed E-state index contributed by atoms with van der Waals surface area (Å²) in [6, 6.07) is 71.3. The average Bonchev–Trinajstić information content (AvgIpc) is 3.72. The van der Waals surface area contributed by atoms with E-state index >= 15 is 0 Å². The third-order valence-electron chi connectivity index (χ3n) is 10.7. The first-order chi connectivity index (χ1) is 25.7. The highest BCUT2D eigenvalue weighted by Gasteiger charge is 2.42. The molecule has 2 aromatic heterocycles. The van der Waals surface area contributed by atoms with E-state index < -0.39 is 8.07 Å². The molecule has 0 unspecified atom stereocenters. The SMILES string of the molecule is Fc1ccc2c(c1)c1ccccc1n2-c1cccc([Si](c2ccccc2)(c2ccccc2)c2ccc3c(c2)c2ccccc2n3-c2ccccc2)c1. The number of aromatic nitrogens is 2. The van der Waals surface area contributed by atoms with Crippen LogP contribution in [0, 0.1) is 5.82 Å². The summed E-state index contributed by atoms with van der Waals surface area (Å²) in [4.78, 5) is 0. The normalized spacial score (nSPS) is 11.9. The second kappa shape index (κ2) is 12.1. The molecule has 0 aliphatic carbocycles. The van der Waals surface area contributed by atoms with Crippen molar-refractivity contribution >= 4 is 72.4 Å². The van der Waals surface area contributed by atoms with Crippen molar-refractivity contribution < 1.29 is 4.39 Å². The average molecular weight is 685 g/mol. The lowest BCUT2D eigenvalue weighted by atomic mass is 10.1. The van der Waals surface area contributed by atoms with Crippen molar-refractivity contribution in [1.82, 2.24) is 9.13 Å². The van der Waals surface area contributed by atoms with Crippen molar-refractivity contribution in [2.24, 2.45) is 0 Å². The monoisotopic (exact) mass is 684 g/mol. The second-order valence-corrected chi connectivity index (χ2v) is 17.3. The standard InChI is InChI=1S/C48H33FN2Si/c49-34-27-29-47-43(31-34)41-23-10-13-26-46(41)51(47)36-17-14-22-39(32-36)52(37-18-6-2-7-19-37,38-20-8-3-9-21-38)40-28-30-48-44(33-40)42-24-11-12-25-45(42)50(48)35-15-4-1-5-16-35/h1-33H. The number of halogens is 1. The summed E-state index contributed by atoms with van der Waals surface area (Å²) in [5, 5.41) is 9.65. The number of fused-ring (bicyclic) bond motifs is 6. The van der Waals surface area contributed by atoms with Crippen LogP contribution in [0.1, 0.15) is 0 Å². The van der Waals surface area contributed by atoms with Crippen molar-refractivity contribution in [2.75, 3.05) is 0 Å². The number of nitrogens with zero attached hydrogens (tertiary/aromatic N) is 2. The van der Waals surface area contributed by atoms with Crippen molar-refractivity contribution in [3.63, 3.8) is 0 Å². The fourth-order valence-electron chi connectivity index (χ4n) is 8.54. The highest BCUT2D eigenvalue weighted by molar-refractivity contribution is 7.20. The summed E-state index contributed by atoms with van der Waals surface area (Å²) in [6.45, 7) is 0. The summed E-state index contributed by atoms with van der Waals surface area (Å²) in [5.41, 5.74) is 6.63. The van der Waals surface area contributed by atoms with Gasteiger partial charge in [0.25, 0.3) is 0 Å². The molecule has 0 saturated carbocycles. The Morgan fingerprint density at radius 1 is 0.308 bits per heavy atom. The minimum Gasteiger partial charge on any atom is -0.309 e. The van der Waals surface area contributed by atoms with Crippen LogP contribution in [-0.2, 0) is 0 Å². The molecule has 2 nitrogen and oxygen atoms in total. The van der Waals surface area contributed by atoms with E-state index in [1.54, 1.807) is 12.1 Å². The van der Waals surface area contributed by atoms with Crippen LogP contribution in [0.3, 0.4) is 0 Å². The maximum absolute atomic E-state index is 14.7. The van der Waals surface area contributed by atoms with Crippen LogP contribution in [-0.4, -0.2) is 17.2 Å². The molecule has 0 saturated heterocycles. The number of hydrogen-bond donors (Lipinski definition) is 0. The van der Waals surface area contributed by atoms with Crippen LogP contribution in [0.2, 0.25) is 0 Å². The van der Waals surface area contributed by atoms with E-state index in [-0.39, 0.29) is 5.82 Å². The quantitative estimate of drug-likeness (QED) is 0.122. The van der Waals surface area contributed by atoms with Crippen LogP contribution in [0.4, 0.5) is 4.39 Å². The molecule has 10 rings (SSSR count). The zero-order chi connectivity index (χ0) is 34.6. The highest BCUT2D eigenvalue weighted by Crippen LogP contribution is 2.34. The first kappa shape index (κ1) is 30.3. The molecule has 0 atom stereocenters. The Morgan fingerprint density at radius 2 is 0.750 bits per heavy atom. The summed E-state index contributed by atoms with van der Waals surface area (Å²) in [5.74, 6) is -0.229. The largest absolute Gasteiger partial charge is 0.309 e. The van der Waals surface area contributed by atoms with E-state index in [1.807, 2.05) is 12.1 Å². The fraction of sp³-hybridized carbons (Fsp3) is 0. The maximum Gasteiger partial charge on any atom is 0.179 e. The van der Waals surface area contributed by atoms with E-state index in [0.717, 1.165) is 33.2 Å². The molecule has 0 N–H and O–H groups in total. The Labute approximate surface area is 302 Å². The topological polar surface area (TPSA) is 9.86 Å². The van der Waals surface area contributed by atoms with Gasteiger partial charge in [-0.15, -0.1) is 0 Å². The lowest BCUT2D eigenvalue weighted by molar-refractivity contribution is 0.629. The second-order valence-electron chi connectivity index (χ2n) is 13.5. The smallest absolute Gasteiger partial charge is 0.179 e. The molecule has 52 heavy (non-hydrogen) atoms. The van der Waals surface area contributed by atoms with Crippen LogP contribution in [0.15, 0.2) is 200 Å². The summed E-state index contributed by atoms with van der Waals surface area (Å²) in [6.07, 6.45) is 0. The van der Waals surface area contributed by atoms with Crippen LogP contribution < -0.4 is 20.7 Å². The number of para-hydroxylation sites is 3. The molecule has 246 valence electrons. The number of benzene rings is 8. The summed E-state index contributed by atoms with van der Waals surface area (Å²) >= 11 is 0. The number of hydrogen-bond acceptors (Lipinski definition) is 0. The Hall–Kier alpha value is -6.49. The Balaban J connectivity index is 1.30. The molecule has 0 aliphatic rings. The molecule has 10 aromatic rings. The van der Waals surface area contributed by atoms with Gasteiger partial charge >= 0.3 is 0 Å². The van der Waals surface area contributed by atoms with Gasteiger partial charge in [0.2, 0.25) is 0 Å². The number of rotatable bonds is 6. The van der Waals surface area contributed by atoms with Gasteiger partial charge in [0, 0.05) is 32.9 Å². The van der Waals surface area contributed by atoms with Crippen molar-refractivity contribution in [1.29, 1.82) is 0 Å². The van der Waals surface area contributed by atoms with E-state index in [1.165, 1.54) is 42.6 Å². The van der Waals surface area contributed by atoms with Crippen molar-refractivity contribution in [3.05, 3.63) is 206 Å². The van der Waals surface area contributed by atoms with Gasteiger partial charge in [-0.2, -0.15) is 0 Å². The Morgan fingerprint density at radius 3 is 1.38 bits per heavy atom. The molecular formula is C48H33FN2Si. The molecule has 8 aromatic carbocycles. The van der Waals surface area contributed by atoms with Gasteiger partial charge in [-0.05, 0) is 81.4 Å². The first-order valence-electron chi connectivity index (χ1n) is 17.7. The zero-order valence-corrected chi connectivity index (χ0v) is 29.3. The molecule has 0 fully saturated rings. The van der Waals surface area contributed by atoms with Gasteiger partial charge in [-0.3, -0.25) is 0 Å². The highest BCUT2D eigenvalue weighted by atomic mass is 28.3. The van der Waals surface area contributed by atoms with E-state index in [0.29, 0.717) is 0 Å². The van der Waals surface area contributed by atoms with E-state index in [9.17, 15) is 4.39 Å². The van der Waals surface area contributed by atoms with E-state index in [4.69, 9.17) is 0 Å². The van der Waals surface area contributed by atoms with Crippen molar-refractivity contribution in [2.45, 2.75) is 0 Å². The lowest BCUT2D eigenvalue weighted by Gasteiger charge is -2.35. The Kier molecular flexibility index (Phi) is 7.05. The van der Waals surface area contributed by atoms with Crippen LogP contribution >= 0.6 is 0 Å². The predicted octanol–water partition coefficient (Wildman–Crippen LogP) is 9.40. The van der Waals surface area contributed by atoms with Gasteiger partial charge in [0.15, 0.2) is 8.07 Å². The predicted molar refractivity (Wildman–Crippen MR) is 219 cm³/mol. The van der Waals surface area contributed by atoms with Crippen LogP contribution in [0.5, 0.6) is 0 Å². The minimum absolute atomic E-state index is 0.229. The zero-order valence-electron chi connectivity index (χ0n) is 28.3. The first-order valence-corrected chi connectivity index (χ1v) is 19.7. The molecular weight excluding hydrogens is 652 g/mol. The fourth-order valence-corrected chi connectivity index (χ4v) is 13.3. The molecule has 0 aliphatic heterocycles. The molecule has 4 heteroatoms. The minimum atomic E-state index is -2.94.